The van der Waals surface area contributed by atoms with Gasteiger partial charge >= 0.3 is 0 Å². The molecule has 192 valence electrons. The predicted molar refractivity (Wildman–Crippen MR) is 146 cm³/mol. The van der Waals surface area contributed by atoms with Crippen molar-refractivity contribution in [2.45, 2.75) is 129 Å². The minimum atomic E-state index is -2.03. The number of rotatable bonds is 10. The molecule has 1 N–H and O–H groups in total. The first-order valence-corrected chi connectivity index (χ1v) is 20.7. The van der Waals surface area contributed by atoms with Crippen LogP contribution >= 0.6 is 0 Å². The van der Waals surface area contributed by atoms with Gasteiger partial charge in [-0.25, -0.2) is 0 Å². The third-order valence-electron chi connectivity index (χ3n) is 7.99. The maximum atomic E-state index is 12.4. The molecule has 0 rings (SSSR count). The van der Waals surface area contributed by atoms with E-state index in [1.165, 1.54) is 0 Å². The summed E-state index contributed by atoms with van der Waals surface area (Å²) in [5.74, 6) is -0.0819. The quantitative estimate of drug-likeness (QED) is 0.327. The average molecular weight is 506 g/mol. The zero-order chi connectivity index (χ0) is 26.0. The maximum Gasteiger partial charge on any atom is 0.217 e. The summed E-state index contributed by atoms with van der Waals surface area (Å²) in [7, 11) is -6.09. The summed E-state index contributed by atoms with van der Waals surface area (Å²) in [5, 5.41) is 3.45. The Hall–Kier alpha value is 0.000649. The van der Waals surface area contributed by atoms with E-state index in [1.54, 1.807) is 6.92 Å². The van der Waals surface area contributed by atoms with Gasteiger partial charge in [0.25, 0.3) is 0 Å². The van der Waals surface area contributed by atoms with E-state index in [4.69, 9.17) is 13.3 Å². The van der Waals surface area contributed by atoms with Crippen LogP contribution in [-0.4, -0.2) is 56.2 Å². The first-order chi connectivity index (χ1) is 13.8. The number of carbonyl (C=O) groups excluding carboxylic acids is 1. The Balaban J connectivity index is 6.10. The lowest BCUT2D eigenvalue weighted by atomic mass is 10.0. The van der Waals surface area contributed by atoms with Gasteiger partial charge in [-0.2, -0.15) is 0 Å². The lowest BCUT2D eigenvalue weighted by Crippen LogP contribution is -2.63. The van der Waals surface area contributed by atoms with E-state index in [0.717, 1.165) is 0 Å². The molecule has 0 saturated heterocycles. The first kappa shape index (κ1) is 32.0. The van der Waals surface area contributed by atoms with Crippen molar-refractivity contribution in [1.82, 2.24) is 5.32 Å². The molecule has 5 nitrogen and oxygen atoms in total. The lowest BCUT2D eigenvalue weighted by Gasteiger charge is -2.46. The van der Waals surface area contributed by atoms with Crippen LogP contribution in [-0.2, 0) is 18.1 Å². The molecule has 0 saturated carbocycles. The normalized spacial score (nSPS) is 15.1. The van der Waals surface area contributed by atoms with Gasteiger partial charge in [0, 0.05) is 6.92 Å². The van der Waals surface area contributed by atoms with E-state index in [-0.39, 0.29) is 21.0 Å². The summed E-state index contributed by atoms with van der Waals surface area (Å²) in [6.45, 7) is 36.3. The minimum Gasteiger partial charge on any atom is -0.414 e. The number of hydrogen-bond acceptors (Lipinski definition) is 4. The van der Waals surface area contributed by atoms with Crippen molar-refractivity contribution in [3.63, 3.8) is 0 Å². The Morgan fingerprint density at radius 1 is 0.594 bits per heavy atom. The van der Waals surface area contributed by atoms with Crippen LogP contribution in [0.2, 0.25) is 54.4 Å². The summed E-state index contributed by atoms with van der Waals surface area (Å²) in [5.41, 5.74) is -0.716. The van der Waals surface area contributed by atoms with E-state index in [9.17, 15) is 4.79 Å². The number of amides is 1. The Morgan fingerprint density at radius 2 is 0.812 bits per heavy atom. The van der Waals surface area contributed by atoms with Crippen molar-refractivity contribution in [3.8, 4) is 0 Å². The summed E-state index contributed by atoms with van der Waals surface area (Å²) in [6.07, 6.45) is 0. The van der Waals surface area contributed by atoms with Gasteiger partial charge in [0.15, 0.2) is 25.0 Å². The number of nitrogens with one attached hydrogen (secondary N) is 1. The van der Waals surface area contributed by atoms with Crippen molar-refractivity contribution in [2.75, 3.05) is 19.8 Å². The third kappa shape index (κ3) is 8.98. The van der Waals surface area contributed by atoms with Crippen molar-refractivity contribution in [1.29, 1.82) is 0 Å². The molecular weight excluding hydrogens is 451 g/mol. The first-order valence-electron chi connectivity index (χ1n) is 12.0. The monoisotopic (exact) mass is 505 g/mol. The van der Waals surface area contributed by atoms with Crippen LogP contribution in [0.15, 0.2) is 0 Å². The van der Waals surface area contributed by atoms with Gasteiger partial charge in [-0.3, -0.25) is 4.79 Å². The summed E-state index contributed by atoms with van der Waals surface area (Å²) >= 11 is 0. The van der Waals surface area contributed by atoms with Crippen molar-refractivity contribution in [2.24, 2.45) is 0 Å². The molecule has 0 spiro atoms. The zero-order valence-corrected chi connectivity index (χ0v) is 27.3. The van der Waals surface area contributed by atoms with E-state index >= 15 is 0 Å². The van der Waals surface area contributed by atoms with Crippen LogP contribution in [0.25, 0.3) is 0 Å². The highest BCUT2D eigenvalue weighted by Crippen LogP contribution is 2.40. The Bertz CT molecular complexity index is 553. The van der Waals surface area contributed by atoms with Crippen LogP contribution in [0.5, 0.6) is 0 Å². The predicted octanol–water partition coefficient (Wildman–Crippen LogP) is 6.93. The average Bonchev–Trinajstić information content (AvgIpc) is 2.52. The maximum absolute atomic E-state index is 12.4. The highest BCUT2D eigenvalue weighted by atomic mass is 28.4. The number of hydrogen-bond donors (Lipinski definition) is 1. The van der Waals surface area contributed by atoms with Gasteiger partial charge in [-0.1, -0.05) is 62.3 Å². The Kier molecular flexibility index (Phi) is 10.3. The van der Waals surface area contributed by atoms with E-state index in [0.29, 0.717) is 19.8 Å². The molecule has 0 aromatic heterocycles. The van der Waals surface area contributed by atoms with E-state index < -0.39 is 30.5 Å². The molecule has 0 bridgehead atoms. The van der Waals surface area contributed by atoms with Gasteiger partial charge in [0.2, 0.25) is 5.91 Å². The van der Waals surface area contributed by atoms with Gasteiger partial charge in [-0.05, 0) is 54.4 Å². The fraction of sp³-hybridized carbons (Fsp3) is 0.958. The van der Waals surface area contributed by atoms with Crippen LogP contribution in [0.1, 0.15) is 69.2 Å². The largest absolute Gasteiger partial charge is 0.414 e. The van der Waals surface area contributed by atoms with Crippen molar-refractivity contribution in [3.05, 3.63) is 0 Å². The molecule has 0 atom stereocenters. The van der Waals surface area contributed by atoms with Crippen LogP contribution < -0.4 is 5.32 Å². The molecule has 0 aliphatic rings. The molecule has 8 heteroatoms. The second kappa shape index (κ2) is 10.3. The van der Waals surface area contributed by atoms with Gasteiger partial charge in [0.1, 0.15) is 5.54 Å². The molecule has 0 radical (unpaired) electrons. The Morgan fingerprint density at radius 3 is 0.969 bits per heavy atom. The van der Waals surface area contributed by atoms with E-state index in [1.807, 2.05) is 0 Å². The molecule has 0 aliphatic carbocycles. The molecular formula is C24H55NO4Si3. The topological polar surface area (TPSA) is 56.8 Å². The highest BCUT2D eigenvalue weighted by molar-refractivity contribution is 6.75. The van der Waals surface area contributed by atoms with Crippen LogP contribution in [0, 0.1) is 0 Å². The second-order valence-corrected chi connectivity index (χ2v) is 28.5. The molecule has 0 unspecified atom stereocenters. The molecule has 0 aromatic rings. The smallest absolute Gasteiger partial charge is 0.217 e. The summed E-state index contributed by atoms with van der Waals surface area (Å²) in [6, 6.07) is 0. The standard InChI is InChI=1S/C24H55NO4Si3/c1-20(26)25-24(17-27-30(11,12)21(2,3)4,18-28-31(13,14)22(5,6)7)19-29-32(15,16)23(8,9)10/h17-19H2,1-16H3,(H,25,26). The zero-order valence-electron chi connectivity index (χ0n) is 24.3. The fourth-order valence-electron chi connectivity index (χ4n) is 2.21. The highest BCUT2D eigenvalue weighted by Gasteiger charge is 2.46. The number of carbonyl (C=O) groups is 1. The molecule has 0 fully saturated rings. The van der Waals surface area contributed by atoms with Gasteiger partial charge < -0.3 is 18.6 Å². The van der Waals surface area contributed by atoms with Crippen LogP contribution in [0.4, 0.5) is 0 Å². The molecule has 0 aliphatic heterocycles. The van der Waals surface area contributed by atoms with Gasteiger partial charge in [-0.15, -0.1) is 0 Å². The van der Waals surface area contributed by atoms with Crippen molar-refractivity contribution >= 4 is 30.9 Å². The Labute approximate surface area is 203 Å². The fourth-order valence-corrected chi connectivity index (χ4v) is 5.42. The van der Waals surface area contributed by atoms with E-state index in [2.05, 4.69) is 107 Å². The molecule has 0 heterocycles. The van der Waals surface area contributed by atoms with Gasteiger partial charge in [0.05, 0.1) is 19.8 Å². The second-order valence-electron chi connectivity index (χ2n) is 14.1. The summed E-state index contributed by atoms with van der Waals surface area (Å²) < 4.78 is 20.0. The third-order valence-corrected chi connectivity index (χ3v) is 21.4. The lowest BCUT2D eigenvalue weighted by molar-refractivity contribution is -0.122. The minimum absolute atomic E-state index is 0.0789. The molecule has 1 amide bonds. The molecule has 32 heavy (non-hydrogen) atoms. The summed E-state index contributed by atoms with van der Waals surface area (Å²) in [4.78, 5) is 12.4. The molecule has 0 aromatic carbocycles. The van der Waals surface area contributed by atoms with Crippen molar-refractivity contribution < 1.29 is 18.1 Å². The van der Waals surface area contributed by atoms with Crippen LogP contribution in [0.3, 0.4) is 0 Å². The SMILES string of the molecule is CC(=O)NC(CO[Si](C)(C)C(C)(C)C)(CO[Si](C)(C)C(C)(C)C)CO[Si](C)(C)C(C)(C)C.